The maximum atomic E-state index is 11.3. The zero-order valence-electron chi connectivity index (χ0n) is 20.5. The third-order valence-corrected chi connectivity index (χ3v) is 11.1. The molecule has 0 aromatic heterocycles. The van der Waals surface area contributed by atoms with E-state index in [1.807, 2.05) is 0 Å². The lowest BCUT2D eigenvalue weighted by Gasteiger charge is -2.59. The Morgan fingerprint density at radius 2 is 1.67 bits per heavy atom. The lowest BCUT2D eigenvalue weighted by molar-refractivity contribution is -0.0971. The molecule has 172 valence electrons. The van der Waals surface area contributed by atoms with Gasteiger partial charge >= 0.3 is 0 Å². The molecule has 0 aromatic carbocycles. The van der Waals surface area contributed by atoms with E-state index in [1.54, 1.807) is 0 Å². The summed E-state index contributed by atoms with van der Waals surface area (Å²) in [6.07, 6.45) is 12.5. The van der Waals surface area contributed by atoms with Crippen LogP contribution in [-0.4, -0.2) is 22.4 Å². The predicted molar refractivity (Wildman–Crippen MR) is 125 cm³/mol. The van der Waals surface area contributed by atoms with Gasteiger partial charge in [-0.3, -0.25) is 0 Å². The van der Waals surface area contributed by atoms with Gasteiger partial charge in [-0.1, -0.05) is 66.0 Å². The Hall–Kier alpha value is -0.340. The first kappa shape index (κ1) is 22.8. The SMILES string of the molecule is CC(C)[C@@H](C)CC[C@@H](C)[C@H]1CC[C@@H]2[C@@H]3[C@@H](O)C=C4C[C@@H](O)CC[C@]4(C)[C@H]3CC[C@@]21C. The van der Waals surface area contributed by atoms with Crippen molar-refractivity contribution in [3.8, 4) is 0 Å². The van der Waals surface area contributed by atoms with E-state index in [2.05, 4.69) is 47.6 Å². The molecule has 0 saturated heterocycles. The number of aliphatic hydroxyl groups is 2. The number of hydrogen-bond donors (Lipinski definition) is 2. The second-order valence-corrected chi connectivity index (χ2v) is 12.8. The van der Waals surface area contributed by atoms with Crippen LogP contribution >= 0.6 is 0 Å². The van der Waals surface area contributed by atoms with Gasteiger partial charge in [-0.15, -0.1) is 0 Å². The molecule has 0 aliphatic heterocycles. The molecule has 0 bridgehead atoms. The van der Waals surface area contributed by atoms with Gasteiger partial charge in [0.05, 0.1) is 12.2 Å². The van der Waals surface area contributed by atoms with Crippen molar-refractivity contribution >= 4 is 0 Å². The topological polar surface area (TPSA) is 40.5 Å². The van der Waals surface area contributed by atoms with E-state index in [9.17, 15) is 10.2 Å². The zero-order valence-corrected chi connectivity index (χ0v) is 20.5. The van der Waals surface area contributed by atoms with E-state index in [4.69, 9.17) is 0 Å². The van der Waals surface area contributed by atoms with Gasteiger partial charge in [-0.2, -0.15) is 0 Å². The van der Waals surface area contributed by atoms with Gasteiger partial charge < -0.3 is 10.2 Å². The highest BCUT2D eigenvalue weighted by Crippen LogP contribution is 2.67. The van der Waals surface area contributed by atoms with Gasteiger partial charge in [0.1, 0.15) is 0 Å². The van der Waals surface area contributed by atoms with E-state index >= 15 is 0 Å². The fraction of sp³-hybridized carbons (Fsp3) is 0.929. The quantitative estimate of drug-likeness (QED) is 0.495. The molecule has 4 aliphatic carbocycles. The summed E-state index contributed by atoms with van der Waals surface area (Å²) in [5.74, 6) is 4.92. The lowest BCUT2D eigenvalue weighted by atomic mass is 9.46. The van der Waals surface area contributed by atoms with Crippen molar-refractivity contribution in [2.24, 2.45) is 52.3 Å². The van der Waals surface area contributed by atoms with E-state index in [-0.39, 0.29) is 17.6 Å². The molecule has 10 atom stereocenters. The highest BCUT2D eigenvalue weighted by molar-refractivity contribution is 5.27. The Balaban J connectivity index is 1.53. The van der Waals surface area contributed by atoms with Crippen molar-refractivity contribution in [2.75, 3.05) is 0 Å². The third-order valence-electron chi connectivity index (χ3n) is 11.1. The fourth-order valence-corrected chi connectivity index (χ4v) is 8.67. The summed E-state index contributed by atoms with van der Waals surface area (Å²) < 4.78 is 0. The largest absolute Gasteiger partial charge is 0.393 e. The van der Waals surface area contributed by atoms with Crippen LogP contribution in [0, 0.1) is 52.3 Å². The first-order chi connectivity index (χ1) is 14.1. The van der Waals surface area contributed by atoms with E-state index < -0.39 is 0 Å². The average molecular weight is 417 g/mol. The van der Waals surface area contributed by atoms with Crippen LogP contribution in [0.1, 0.15) is 99.3 Å². The molecule has 0 radical (unpaired) electrons. The lowest BCUT2D eigenvalue weighted by Crippen LogP contribution is -2.54. The van der Waals surface area contributed by atoms with Crippen molar-refractivity contribution in [2.45, 2.75) is 112 Å². The van der Waals surface area contributed by atoms with Gasteiger partial charge in [0.15, 0.2) is 0 Å². The minimum Gasteiger partial charge on any atom is -0.393 e. The summed E-state index contributed by atoms with van der Waals surface area (Å²) in [4.78, 5) is 0. The third kappa shape index (κ3) is 3.62. The van der Waals surface area contributed by atoms with Crippen LogP contribution in [0.25, 0.3) is 0 Å². The van der Waals surface area contributed by atoms with Gasteiger partial charge in [-0.05, 0) is 97.2 Å². The number of rotatable bonds is 5. The van der Waals surface area contributed by atoms with Crippen LogP contribution in [0.4, 0.5) is 0 Å². The maximum Gasteiger partial charge on any atom is 0.0757 e. The Morgan fingerprint density at radius 3 is 2.37 bits per heavy atom. The van der Waals surface area contributed by atoms with Crippen molar-refractivity contribution < 1.29 is 10.2 Å². The summed E-state index contributed by atoms with van der Waals surface area (Å²) in [5.41, 5.74) is 1.98. The molecule has 4 aliphatic rings. The molecule has 0 amide bonds. The normalized spacial score (nSPS) is 47.8. The van der Waals surface area contributed by atoms with Gasteiger partial charge in [0.25, 0.3) is 0 Å². The predicted octanol–water partition coefficient (Wildman–Crippen LogP) is 6.61. The van der Waals surface area contributed by atoms with Crippen molar-refractivity contribution in [3.05, 3.63) is 11.6 Å². The van der Waals surface area contributed by atoms with Crippen LogP contribution in [0.5, 0.6) is 0 Å². The standard InChI is InChI=1S/C28H48O2/c1-17(2)18(3)7-8-19(4)22-9-10-23-26-24(12-14-28(22,23)6)27(5)13-11-21(29)15-20(27)16-25(26)30/h16-19,21-26,29-30H,7-15H2,1-6H3/t18-,19+,21-,22+,23+,24-,25-,26-,27-,28+/m0/s1. The van der Waals surface area contributed by atoms with Crippen LogP contribution in [0.15, 0.2) is 11.6 Å². The molecule has 2 nitrogen and oxygen atoms in total. The maximum absolute atomic E-state index is 11.3. The molecule has 3 fully saturated rings. The highest BCUT2D eigenvalue weighted by Gasteiger charge is 2.61. The van der Waals surface area contributed by atoms with Crippen LogP contribution in [0.2, 0.25) is 0 Å². The number of hydrogen-bond acceptors (Lipinski definition) is 2. The molecule has 0 aromatic rings. The number of aliphatic hydroxyl groups excluding tert-OH is 2. The zero-order chi connectivity index (χ0) is 21.8. The minimum absolute atomic E-state index is 0.202. The second-order valence-electron chi connectivity index (χ2n) is 12.8. The van der Waals surface area contributed by atoms with E-state index in [0.717, 1.165) is 42.9 Å². The molecule has 4 rings (SSSR count). The summed E-state index contributed by atoms with van der Waals surface area (Å²) in [6, 6.07) is 0. The van der Waals surface area contributed by atoms with Crippen LogP contribution < -0.4 is 0 Å². The summed E-state index contributed by atoms with van der Waals surface area (Å²) in [6.45, 7) is 14.7. The van der Waals surface area contributed by atoms with Crippen molar-refractivity contribution in [1.82, 2.24) is 0 Å². The van der Waals surface area contributed by atoms with Crippen molar-refractivity contribution in [3.63, 3.8) is 0 Å². The minimum atomic E-state index is -0.303. The Bertz CT molecular complexity index is 653. The van der Waals surface area contributed by atoms with Crippen molar-refractivity contribution in [1.29, 1.82) is 0 Å². The molecule has 0 spiro atoms. The molecular weight excluding hydrogens is 368 g/mol. The second kappa shape index (κ2) is 8.22. The fourth-order valence-electron chi connectivity index (χ4n) is 8.67. The summed E-state index contributed by atoms with van der Waals surface area (Å²) in [7, 11) is 0. The smallest absolute Gasteiger partial charge is 0.0757 e. The van der Waals surface area contributed by atoms with E-state index in [0.29, 0.717) is 23.2 Å². The van der Waals surface area contributed by atoms with Gasteiger partial charge in [0, 0.05) is 0 Å². The summed E-state index contributed by atoms with van der Waals surface area (Å²) in [5, 5.41) is 21.5. The van der Waals surface area contributed by atoms with Crippen LogP contribution in [-0.2, 0) is 0 Å². The monoisotopic (exact) mass is 416 g/mol. The molecular formula is C28H48O2. The Labute approximate surface area is 185 Å². The highest BCUT2D eigenvalue weighted by atomic mass is 16.3. The first-order valence-corrected chi connectivity index (χ1v) is 13.1. The molecule has 2 N–H and O–H groups in total. The van der Waals surface area contributed by atoms with Gasteiger partial charge in [-0.25, -0.2) is 0 Å². The molecule has 30 heavy (non-hydrogen) atoms. The van der Waals surface area contributed by atoms with E-state index in [1.165, 1.54) is 44.1 Å². The average Bonchev–Trinajstić information content (AvgIpc) is 3.04. The molecule has 2 heteroatoms. The molecule has 0 unspecified atom stereocenters. The Kier molecular flexibility index (Phi) is 6.26. The van der Waals surface area contributed by atoms with Gasteiger partial charge in [0.2, 0.25) is 0 Å². The number of fused-ring (bicyclic) bond motifs is 5. The summed E-state index contributed by atoms with van der Waals surface area (Å²) >= 11 is 0. The van der Waals surface area contributed by atoms with Crippen LogP contribution in [0.3, 0.4) is 0 Å². The Morgan fingerprint density at radius 1 is 0.933 bits per heavy atom. The first-order valence-electron chi connectivity index (χ1n) is 13.1. The molecule has 0 heterocycles. The molecule has 3 saturated carbocycles.